The summed E-state index contributed by atoms with van der Waals surface area (Å²) >= 11 is 1.54. The maximum atomic E-state index is 14.1. The van der Waals surface area contributed by atoms with Crippen molar-refractivity contribution >= 4 is 41.3 Å². The Hall–Kier alpha value is -3.62. The van der Waals surface area contributed by atoms with E-state index in [0.29, 0.717) is 25.0 Å². The van der Waals surface area contributed by atoms with Crippen molar-refractivity contribution in [3.05, 3.63) is 37.1 Å². The minimum Gasteiger partial charge on any atom is -0.346 e. The summed E-state index contributed by atoms with van der Waals surface area (Å²) < 4.78 is 39.3. The highest BCUT2D eigenvalue weighted by Crippen LogP contribution is 2.30. The normalized spacial score (nSPS) is 15.6. The van der Waals surface area contributed by atoms with Crippen LogP contribution in [0.2, 0.25) is 0 Å². The second-order valence-electron chi connectivity index (χ2n) is 14.5. The number of thioether (sulfide) groups is 1. The van der Waals surface area contributed by atoms with Crippen molar-refractivity contribution in [2.24, 2.45) is 5.41 Å². The molecule has 11 nitrogen and oxygen atoms in total. The van der Waals surface area contributed by atoms with Gasteiger partial charge in [0.15, 0.2) is 0 Å². The molecule has 1 aromatic rings. The third kappa shape index (κ3) is 21.6. The van der Waals surface area contributed by atoms with Crippen molar-refractivity contribution in [1.29, 1.82) is 0 Å². The molecular weight excluding hydrogens is 758 g/mol. The number of amides is 5. The molecule has 0 radical (unpaired) electrons. The molecule has 1 fully saturated rings. The van der Waals surface area contributed by atoms with Crippen LogP contribution in [0.25, 0.3) is 0 Å². The molecule has 0 spiro atoms. The van der Waals surface area contributed by atoms with Crippen LogP contribution in [0.3, 0.4) is 0 Å². The molecule has 15 heteroatoms. The van der Waals surface area contributed by atoms with E-state index in [1.54, 1.807) is 38.7 Å². The lowest BCUT2D eigenvalue weighted by molar-refractivity contribution is -0.147. The molecule has 1 aromatic heterocycles. The van der Waals surface area contributed by atoms with Gasteiger partial charge < -0.3 is 26.2 Å². The molecule has 328 valence electrons. The van der Waals surface area contributed by atoms with Gasteiger partial charge in [-0.2, -0.15) is 13.2 Å². The van der Waals surface area contributed by atoms with Gasteiger partial charge in [-0.25, -0.2) is 9.78 Å². The number of urea groups is 1. The van der Waals surface area contributed by atoms with Crippen LogP contribution >= 0.6 is 11.8 Å². The van der Waals surface area contributed by atoms with E-state index in [-0.39, 0.29) is 19.5 Å². The first-order chi connectivity index (χ1) is 26.9. The molecule has 57 heavy (non-hydrogen) atoms. The fourth-order valence-corrected chi connectivity index (χ4v) is 6.94. The first-order valence-electron chi connectivity index (χ1n) is 20.6. The summed E-state index contributed by atoms with van der Waals surface area (Å²) in [5, 5.41) is 11.4. The Morgan fingerprint density at radius 2 is 1.60 bits per heavy atom. The lowest BCUT2D eigenvalue weighted by Crippen LogP contribution is -2.62. The predicted octanol–water partition coefficient (Wildman–Crippen LogP) is 8.78. The van der Waals surface area contributed by atoms with Gasteiger partial charge in [0.1, 0.15) is 12.1 Å². The van der Waals surface area contributed by atoms with Gasteiger partial charge >= 0.3 is 12.2 Å². The first kappa shape index (κ1) is 55.5. The lowest BCUT2D eigenvalue weighted by Gasteiger charge is -2.38. The number of nitrogens with one attached hydrogen (secondary N) is 4. The number of Topliss-reactive ketones (excluding diaryl/α,β-unsaturated/α-hetero) is 1. The van der Waals surface area contributed by atoms with Crippen molar-refractivity contribution in [2.75, 3.05) is 18.8 Å². The summed E-state index contributed by atoms with van der Waals surface area (Å²) in [6.07, 6.45) is 1.98. The number of ketones is 1. The molecule has 4 atom stereocenters. The van der Waals surface area contributed by atoms with Gasteiger partial charge in [-0.1, -0.05) is 114 Å². The molecule has 5 amide bonds. The van der Waals surface area contributed by atoms with Crippen LogP contribution in [-0.2, 0) is 19.2 Å². The zero-order valence-corrected chi connectivity index (χ0v) is 37.3. The number of rotatable bonds is 19. The molecule has 2 heterocycles. The number of likely N-dealkylation sites (tertiary alicyclic amines) is 1. The molecule has 0 bridgehead atoms. The number of pyridine rings is 1. The number of carbonyl (C=O) groups excluding carboxylic acids is 5. The van der Waals surface area contributed by atoms with Crippen LogP contribution in [0.15, 0.2) is 42.1 Å². The highest BCUT2D eigenvalue weighted by Gasteiger charge is 2.44. The van der Waals surface area contributed by atoms with E-state index in [1.807, 2.05) is 52.8 Å². The van der Waals surface area contributed by atoms with Crippen LogP contribution in [0.4, 0.5) is 18.0 Å². The van der Waals surface area contributed by atoms with Gasteiger partial charge in [-0.3, -0.25) is 19.2 Å². The van der Waals surface area contributed by atoms with Crippen LogP contribution in [0.5, 0.6) is 0 Å². The SMILES string of the molecule is C=CCNC(=O)C(=O)C(CCC(F)(F)F)NC(=O)[C@@H]1CCCN1C(=O)C(NC(=O)NC(CCC)(CCCC)CSc1ccccn1)C(C)(C)C.CC.CC.CCC. The van der Waals surface area contributed by atoms with E-state index >= 15 is 0 Å². The van der Waals surface area contributed by atoms with Crippen molar-refractivity contribution in [3.63, 3.8) is 0 Å². The van der Waals surface area contributed by atoms with E-state index in [2.05, 4.69) is 53.6 Å². The molecule has 1 aliphatic heterocycles. The van der Waals surface area contributed by atoms with E-state index in [0.717, 1.165) is 24.3 Å². The quantitative estimate of drug-likeness (QED) is 0.0619. The average Bonchev–Trinajstić information content (AvgIpc) is 3.67. The summed E-state index contributed by atoms with van der Waals surface area (Å²) in [5.41, 5.74) is -1.39. The molecule has 4 N–H and O–H groups in total. The molecule has 3 unspecified atom stereocenters. The van der Waals surface area contributed by atoms with Gasteiger partial charge in [0.25, 0.3) is 5.91 Å². The monoisotopic (exact) mass is 831 g/mol. The Labute approximate surface area is 345 Å². The minimum atomic E-state index is -4.63. The Balaban J connectivity index is 0. The fraction of sp³-hybridized carbons (Fsp3) is 0.714. The number of hydrogen-bond acceptors (Lipinski definition) is 7. The zero-order chi connectivity index (χ0) is 44.2. The van der Waals surface area contributed by atoms with Gasteiger partial charge in [0.05, 0.1) is 16.6 Å². The zero-order valence-electron chi connectivity index (χ0n) is 36.5. The molecule has 2 rings (SSSR count). The van der Waals surface area contributed by atoms with Gasteiger partial charge in [-0.05, 0) is 49.7 Å². The minimum absolute atomic E-state index is 0.0918. The van der Waals surface area contributed by atoms with Crippen molar-refractivity contribution < 1.29 is 37.1 Å². The maximum absolute atomic E-state index is 14.1. The lowest BCUT2D eigenvalue weighted by atomic mass is 9.85. The van der Waals surface area contributed by atoms with Crippen molar-refractivity contribution in [3.8, 4) is 0 Å². The van der Waals surface area contributed by atoms with Crippen molar-refractivity contribution in [1.82, 2.24) is 31.2 Å². The van der Waals surface area contributed by atoms with Crippen LogP contribution < -0.4 is 21.3 Å². The Bertz CT molecular complexity index is 1330. The summed E-state index contributed by atoms with van der Waals surface area (Å²) in [5.74, 6) is -3.21. The number of unbranched alkanes of at least 4 members (excludes halogenated alkanes) is 1. The second kappa shape index (κ2) is 29.6. The number of nitrogens with zero attached hydrogens (tertiary/aromatic N) is 2. The highest BCUT2D eigenvalue weighted by atomic mass is 32.2. The summed E-state index contributed by atoms with van der Waals surface area (Å²) in [6, 6.07) is 1.16. The van der Waals surface area contributed by atoms with E-state index in [9.17, 15) is 37.1 Å². The van der Waals surface area contributed by atoms with Crippen LogP contribution in [0, 0.1) is 5.41 Å². The van der Waals surface area contributed by atoms with E-state index < -0.39 is 77.6 Å². The largest absolute Gasteiger partial charge is 0.389 e. The fourth-order valence-electron chi connectivity index (χ4n) is 5.85. The number of hydrogen-bond donors (Lipinski definition) is 4. The maximum Gasteiger partial charge on any atom is 0.389 e. The number of alkyl halides is 3. The predicted molar refractivity (Wildman–Crippen MR) is 226 cm³/mol. The molecule has 0 saturated carbocycles. The molecule has 1 saturated heterocycles. The molecule has 1 aliphatic rings. The van der Waals surface area contributed by atoms with E-state index in [1.165, 1.54) is 17.4 Å². The second-order valence-corrected chi connectivity index (χ2v) is 15.5. The van der Waals surface area contributed by atoms with Crippen LogP contribution in [0.1, 0.15) is 140 Å². The van der Waals surface area contributed by atoms with Crippen molar-refractivity contribution in [2.45, 2.75) is 175 Å². The number of halogens is 3. The average molecular weight is 831 g/mol. The van der Waals surface area contributed by atoms with E-state index in [4.69, 9.17) is 0 Å². The first-order valence-corrected chi connectivity index (χ1v) is 21.6. The topological polar surface area (TPSA) is 150 Å². The smallest absolute Gasteiger partial charge is 0.346 e. The number of aromatic nitrogens is 1. The van der Waals surface area contributed by atoms with Gasteiger partial charge in [0.2, 0.25) is 17.6 Å². The third-order valence-corrected chi connectivity index (χ3v) is 9.69. The van der Waals surface area contributed by atoms with Gasteiger partial charge in [-0.15, -0.1) is 18.3 Å². The van der Waals surface area contributed by atoms with Crippen LogP contribution in [-0.4, -0.2) is 88.1 Å². The molecule has 0 aliphatic carbocycles. The summed E-state index contributed by atoms with van der Waals surface area (Å²) in [6.45, 7) is 25.2. The standard InChI is InChI=1S/C35H53F3N6O5S.C3H8.2C2H6/c1-7-10-18-34(17-8-2,23-50-26-15-11-12-21-39-26)43-32(49)42-28(33(4,5)6)31(48)44-22-13-14-25(44)29(46)41-24(16-19-35(36,37)38)27(45)30(47)40-20-9-3;1-3-2;2*1-2/h9,11-12,15,21,24-25,28H,3,7-8,10,13-14,16-20,22-23H2,1-2,4-6H3,(H,40,47)(H,41,46)(H2,42,43,49);3H2,1-2H3;2*1-2H3/t24?,25-,28?,34?;;;/m0.../s1. The highest BCUT2D eigenvalue weighted by molar-refractivity contribution is 7.99. The molecule has 0 aromatic carbocycles. The third-order valence-electron chi connectivity index (χ3n) is 8.46. The Kier molecular flexibility index (Phi) is 28.8. The molecular formula is C42H73F3N6O5S. The Morgan fingerprint density at radius 3 is 2.11 bits per heavy atom. The summed E-state index contributed by atoms with van der Waals surface area (Å²) in [7, 11) is 0. The number of carbonyl (C=O) groups is 5. The van der Waals surface area contributed by atoms with Gasteiger partial charge in [0, 0.05) is 31.5 Å². The summed E-state index contributed by atoms with van der Waals surface area (Å²) in [4.78, 5) is 72.1. The Morgan fingerprint density at radius 1 is 0.965 bits per heavy atom.